The second-order valence-corrected chi connectivity index (χ2v) is 6.17. The monoisotopic (exact) mass is 304 g/mol. The normalized spacial score (nSPS) is 21.3. The molecule has 5 heteroatoms. The van der Waals surface area contributed by atoms with Crippen LogP contribution in [0.4, 0.5) is 5.69 Å². The van der Waals surface area contributed by atoms with E-state index in [0.717, 1.165) is 18.8 Å². The van der Waals surface area contributed by atoms with Crippen molar-refractivity contribution >= 4 is 17.6 Å². The lowest BCUT2D eigenvalue weighted by atomic mass is 9.92. The maximum Gasteiger partial charge on any atom is 0.337 e. The Morgan fingerprint density at radius 2 is 1.77 bits per heavy atom. The van der Waals surface area contributed by atoms with Gasteiger partial charge in [-0.3, -0.25) is 4.79 Å². The summed E-state index contributed by atoms with van der Waals surface area (Å²) >= 11 is 0. The quantitative estimate of drug-likeness (QED) is 0.868. The number of piperidine rings is 1. The summed E-state index contributed by atoms with van der Waals surface area (Å²) in [6.07, 6.45) is 1.19. The standard InChI is InChI=1S/C17H24N2O3/c1-12-8-13(2)11-19(10-12)16(20)9-18-15-6-4-14(5-7-15)17(21)22-3/h4-7,12-13,18H,8-11H2,1-3H3. The van der Waals surface area contributed by atoms with Crippen LogP contribution in [0.3, 0.4) is 0 Å². The number of methoxy groups -OCH3 is 1. The number of rotatable bonds is 4. The van der Waals surface area contributed by atoms with Gasteiger partial charge in [0.05, 0.1) is 19.2 Å². The zero-order valence-electron chi connectivity index (χ0n) is 13.5. The summed E-state index contributed by atoms with van der Waals surface area (Å²) in [6, 6.07) is 6.93. The minimum absolute atomic E-state index is 0.121. The fourth-order valence-electron chi connectivity index (χ4n) is 3.00. The summed E-state index contributed by atoms with van der Waals surface area (Å²) in [5, 5.41) is 3.11. The average molecular weight is 304 g/mol. The molecule has 1 N–H and O–H groups in total. The van der Waals surface area contributed by atoms with Crippen molar-refractivity contribution in [2.45, 2.75) is 20.3 Å². The van der Waals surface area contributed by atoms with Crippen LogP contribution in [0.5, 0.6) is 0 Å². The minimum atomic E-state index is -0.362. The summed E-state index contributed by atoms with van der Waals surface area (Å²) in [5.74, 6) is 0.883. The Kier molecular flexibility index (Phi) is 5.41. The summed E-state index contributed by atoms with van der Waals surface area (Å²) < 4.78 is 4.65. The van der Waals surface area contributed by atoms with Gasteiger partial charge in [0.2, 0.25) is 5.91 Å². The molecule has 0 spiro atoms. The van der Waals surface area contributed by atoms with Gasteiger partial charge in [-0.25, -0.2) is 4.79 Å². The van der Waals surface area contributed by atoms with E-state index in [-0.39, 0.29) is 18.4 Å². The summed E-state index contributed by atoms with van der Waals surface area (Å²) in [5.41, 5.74) is 1.32. The molecule has 22 heavy (non-hydrogen) atoms. The number of amides is 1. The Morgan fingerprint density at radius 1 is 1.18 bits per heavy atom. The van der Waals surface area contributed by atoms with Gasteiger partial charge < -0.3 is 15.0 Å². The third kappa shape index (κ3) is 4.23. The smallest absolute Gasteiger partial charge is 0.337 e. The summed E-state index contributed by atoms with van der Waals surface area (Å²) in [6.45, 7) is 6.33. The first-order chi connectivity index (χ1) is 10.5. The fourth-order valence-corrected chi connectivity index (χ4v) is 3.00. The number of carbonyl (C=O) groups excluding carboxylic acids is 2. The number of hydrogen-bond donors (Lipinski definition) is 1. The zero-order valence-corrected chi connectivity index (χ0v) is 13.5. The van der Waals surface area contributed by atoms with E-state index in [1.165, 1.54) is 13.5 Å². The number of likely N-dealkylation sites (tertiary alicyclic amines) is 1. The molecule has 1 amide bonds. The van der Waals surface area contributed by atoms with Gasteiger partial charge in [-0.2, -0.15) is 0 Å². The molecule has 0 saturated carbocycles. The Bertz CT molecular complexity index is 517. The van der Waals surface area contributed by atoms with Crippen LogP contribution in [-0.2, 0) is 9.53 Å². The van der Waals surface area contributed by atoms with E-state index >= 15 is 0 Å². The molecule has 2 rings (SSSR count). The molecular weight excluding hydrogens is 280 g/mol. The first kappa shape index (κ1) is 16.3. The average Bonchev–Trinajstić information content (AvgIpc) is 2.51. The van der Waals surface area contributed by atoms with Crippen molar-refractivity contribution in [3.8, 4) is 0 Å². The lowest BCUT2D eigenvalue weighted by molar-refractivity contribution is -0.131. The van der Waals surface area contributed by atoms with Crippen LogP contribution < -0.4 is 5.32 Å². The largest absolute Gasteiger partial charge is 0.465 e. The highest BCUT2D eigenvalue weighted by Gasteiger charge is 2.24. The molecule has 1 aromatic carbocycles. The molecule has 1 aliphatic heterocycles. The molecule has 1 aromatic rings. The molecule has 0 radical (unpaired) electrons. The maximum absolute atomic E-state index is 12.3. The van der Waals surface area contributed by atoms with Crippen molar-refractivity contribution in [3.05, 3.63) is 29.8 Å². The van der Waals surface area contributed by atoms with Crippen molar-refractivity contribution in [1.29, 1.82) is 0 Å². The van der Waals surface area contributed by atoms with Gasteiger partial charge >= 0.3 is 5.97 Å². The highest BCUT2D eigenvalue weighted by Crippen LogP contribution is 2.21. The van der Waals surface area contributed by atoms with E-state index in [0.29, 0.717) is 17.4 Å². The van der Waals surface area contributed by atoms with Gasteiger partial charge in [0, 0.05) is 18.8 Å². The second kappa shape index (κ2) is 7.29. The van der Waals surface area contributed by atoms with E-state index in [9.17, 15) is 9.59 Å². The van der Waals surface area contributed by atoms with Crippen LogP contribution in [0, 0.1) is 11.8 Å². The number of nitrogens with one attached hydrogen (secondary N) is 1. The van der Waals surface area contributed by atoms with Crippen molar-refractivity contribution in [2.75, 3.05) is 32.1 Å². The molecule has 0 bridgehead atoms. The van der Waals surface area contributed by atoms with E-state index in [4.69, 9.17) is 0 Å². The highest BCUT2D eigenvalue weighted by molar-refractivity contribution is 5.89. The predicted octanol–water partition coefficient (Wildman–Crippen LogP) is 2.39. The van der Waals surface area contributed by atoms with E-state index in [2.05, 4.69) is 23.9 Å². The van der Waals surface area contributed by atoms with Crippen molar-refractivity contribution in [1.82, 2.24) is 4.90 Å². The molecule has 1 saturated heterocycles. The van der Waals surface area contributed by atoms with Crippen LogP contribution in [-0.4, -0.2) is 43.5 Å². The van der Waals surface area contributed by atoms with Crippen molar-refractivity contribution in [3.63, 3.8) is 0 Å². The third-order valence-corrected chi connectivity index (χ3v) is 3.97. The van der Waals surface area contributed by atoms with E-state index < -0.39 is 0 Å². The molecule has 120 valence electrons. The fraction of sp³-hybridized carbons (Fsp3) is 0.529. The first-order valence-electron chi connectivity index (χ1n) is 7.69. The number of benzene rings is 1. The number of esters is 1. The Morgan fingerprint density at radius 3 is 2.32 bits per heavy atom. The molecule has 1 aliphatic rings. The summed E-state index contributed by atoms with van der Waals surface area (Å²) in [4.78, 5) is 25.6. The van der Waals surface area contributed by atoms with Gasteiger partial charge in [0.1, 0.15) is 0 Å². The Hall–Kier alpha value is -2.04. The molecule has 0 aliphatic carbocycles. The van der Waals surface area contributed by atoms with Crippen LogP contribution >= 0.6 is 0 Å². The maximum atomic E-state index is 12.3. The molecule has 5 nitrogen and oxygen atoms in total. The first-order valence-corrected chi connectivity index (χ1v) is 7.69. The molecule has 1 fully saturated rings. The van der Waals surface area contributed by atoms with Gasteiger partial charge in [-0.1, -0.05) is 13.8 Å². The SMILES string of the molecule is COC(=O)c1ccc(NCC(=O)N2CC(C)CC(C)C2)cc1. The molecule has 2 unspecified atom stereocenters. The molecule has 0 aromatic heterocycles. The molecular formula is C17H24N2O3. The third-order valence-electron chi connectivity index (χ3n) is 3.97. The number of hydrogen-bond acceptors (Lipinski definition) is 4. The van der Waals surface area contributed by atoms with Crippen molar-refractivity contribution in [2.24, 2.45) is 11.8 Å². The topological polar surface area (TPSA) is 58.6 Å². The van der Waals surface area contributed by atoms with E-state index in [1.807, 2.05) is 4.90 Å². The predicted molar refractivity (Wildman–Crippen MR) is 85.8 cm³/mol. The van der Waals surface area contributed by atoms with E-state index in [1.54, 1.807) is 24.3 Å². The zero-order chi connectivity index (χ0) is 16.1. The van der Waals surface area contributed by atoms with Gasteiger partial charge in [-0.15, -0.1) is 0 Å². The van der Waals surface area contributed by atoms with Gasteiger partial charge in [0.25, 0.3) is 0 Å². The van der Waals surface area contributed by atoms with Crippen LogP contribution in [0.15, 0.2) is 24.3 Å². The van der Waals surface area contributed by atoms with Gasteiger partial charge in [0.15, 0.2) is 0 Å². The second-order valence-electron chi connectivity index (χ2n) is 6.17. The minimum Gasteiger partial charge on any atom is -0.465 e. The summed E-state index contributed by atoms with van der Waals surface area (Å²) in [7, 11) is 1.35. The number of ether oxygens (including phenoxy) is 1. The van der Waals surface area contributed by atoms with Crippen LogP contribution in [0.1, 0.15) is 30.6 Å². The number of nitrogens with zero attached hydrogens (tertiary/aromatic N) is 1. The Labute approximate surface area is 131 Å². The van der Waals surface area contributed by atoms with Crippen LogP contribution in [0.25, 0.3) is 0 Å². The molecule has 1 heterocycles. The van der Waals surface area contributed by atoms with Gasteiger partial charge in [-0.05, 0) is 42.5 Å². The number of carbonyl (C=O) groups is 2. The lowest BCUT2D eigenvalue weighted by Gasteiger charge is -2.35. The highest BCUT2D eigenvalue weighted by atomic mass is 16.5. The molecule has 2 atom stereocenters. The number of anilines is 1. The van der Waals surface area contributed by atoms with Crippen LogP contribution in [0.2, 0.25) is 0 Å². The Balaban J connectivity index is 1.87. The lowest BCUT2D eigenvalue weighted by Crippen LogP contribution is -2.44. The van der Waals surface area contributed by atoms with Crippen molar-refractivity contribution < 1.29 is 14.3 Å².